The fourth-order valence-electron chi connectivity index (χ4n) is 2.39. The minimum absolute atomic E-state index is 0.0951. The number of carbonyl (C=O) groups is 1. The first-order valence-electron chi connectivity index (χ1n) is 6.55. The zero-order valence-electron chi connectivity index (χ0n) is 11.5. The molecule has 0 aliphatic carbocycles. The van der Waals surface area contributed by atoms with Crippen LogP contribution in [-0.4, -0.2) is 36.7 Å². The van der Waals surface area contributed by atoms with Crippen LogP contribution in [0.3, 0.4) is 0 Å². The second-order valence-electron chi connectivity index (χ2n) is 5.13. The molecule has 5 nitrogen and oxygen atoms in total. The van der Waals surface area contributed by atoms with Gasteiger partial charge in [-0.2, -0.15) is 0 Å². The summed E-state index contributed by atoms with van der Waals surface area (Å²) in [6.45, 7) is 3.36. The number of ether oxygens (including phenoxy) is 1. The van der Waals surface area contributed by atoms with E-state index in [0.29, 0.717) is 13.1 Å². The fraction of sp³-hybridized carbons (Fsp3) is 0.500. The number of nitrogens with two attached hydrogens (primary N) is 1. The molecule has 5 heteroatoms. The van der Waals surface area contributed by atoms with Crippen LogP contribution in [0.1, 0.15) is 19.8 Å². The second kappa shape index (κ2) is 5.48. The number of methoxy groups -OCH3 is 1. The number of hydrogen-bond acceptors (Lipinski definition) is 3. The van der Waals surface area contributed by atoms with E-state index in [1.54, 1.807) is 12.0 Å². The molecular formula is C14H21N3O2. The van der Waals surface area contributed by atoms with Crippen LogP contribution in [0.2, 0.25) is 0 Å². The number of likely N-dealkylation sites (tertiary alicyclic amines) is 1. The summed E-state index contributed by atoms with van der Waals surface area (Å²) in [5, 5.41) is 2.85. The normalized spacial score (nSPS) is 16.7. The third-order valence-corrected chi connectivity index (χ3v) is 3.39. The molecule has 3 N–H and O–H groups in total. The Morgan fingerprint density at radius 2 is 2.05 bits per heavy atom. The molecule has 0 radical (unpaired) electrons. The van der Waals surface area contributed by atoms with Gasteiger partial charge in [-0.15, -0.1) is 0 Å². The first-order valence-corrected chi connectivity index (χ1v) is 6.55. The monoisotopic (exact) mass is 263 g/mol. The number of amides is 2. The third kappa shape index (κ3) is 3.17. The minimum Gasteiger partial charge on any atom is -0.497 e. The van der Waals surface area contributed by atoms with Crippen molar-refractivity contribution < 1.29 is 9.53 Å². The topological polar surface area (TPSA) is 67.6 Å². The molecule has 1 fully saturated rings. The van der Waals surface area contributed by atoms with Crippen LogP contribution in [0.4, 0.5) is 10.5 Å². The van der Waals surface area contributed by atoms with E-state index in [9.17, 15) is 4.79 Å². The second-order valence-corrected chi connectivity index (χ2v) is 5.13. The molecule has 19 heavy (non-hydrogen) atoms. The van der Waals surface area contributed by atoms with E-state index in [1.165, 1.54) is 0 Å². The molecular weight excluding hydrogens is 242 g/mol. The molecule has 1 aliphatic rings. The lowest BCUT2D eigenvalue weighted by Crippen LogP contribution is -2.69. The van der Waals surface area contributed by atoms with Crippen molar-refractivity contribution in [2.45, 2.75) is 25.3 Å². The van der Waals surface area contributed by atoms with Gasteiger partial charge in [-0.1, -0.05) is 13.3 Å². The first-order chi connectivity index (χ1) is 9.06. The van der Waals surface area contributed by atoms with Gasteiger partial charge in [-0.05, 0) is 30.7 Å². The Balaban J connectivity index is 1.85. The van der Waals surface area contributed by atoms with Crippen molar-refractivity contribution in [2.24, 2.45) is 5.73 Å². The van der Waals surface area contributed by atoms with Gasteiger partial charge >= 0.3 is 6.03 Å². The number of anilines is 1. The molecule has 1 aromatic carbocycles. The lowest BCUT2D eigenvalue weighted by atomic mass is 9.87. The molecule has 0 bridgehead atoms. The van der Waals surface area contributed by atoms with Crippen molar-refractivity contribution in [1.29, 1.82) is 0 Å². The highest BCUT2D eigenvalue weighted by atomic mass is 16.5. The summed E-state index contributed by atoms with van der Waals surface area (Å²) in [7, 11) is 1.61. The van der Waals surface area contributed by atoms with Gasteiger partial charge in [-0.25, -0.2) is 4.79 Å². The smallest absolute Gasteiger partial charge is 0.321 e. The summed E-state index contributed by atoms with van der Waals surface area (Å²) in [4.78, 5) is 13.7. The van der Waals surface area contributed by atoms with Crippen molar-refractivity contribution >= 4 is 11.7 Å². The van der Waals surface area contributed by atoms with Crippen LogP contribution >= 0.6 is 0 Å². The van der Waals surface area contributed by atoms with Crippen LogP contribution < -0.4 is 15.8 Å². The van der Waals surface area contributed by atoms with Crippen molar-refractivity contribution in [1.82, 2.24) is 4.90 Å². The molecule has 2 amide bonds. The maximum absolute atomic E-state index is 12.0. The van der Waals surface area contributed by atoms with E-state index < -0.39 is 0 Å². The van der Waals surface area contributed by atoms with Crippen molar-refractivity contribution in [3.8, 4) is 5.75 Å². The van der Waals surface area contributed by atoms with E-state index in [0.717, 1.165) is 24.3 Å². The molecule has 0 aromatic heterocycles. The minimum atomic E-state index is -0.188. The number of rotatable bonds is 4. The molecule has 104 valence electrons. The third-order valence-electron chi connectivity index (χ3n) is 3.39. The highest BCUT2D eigenvalue weighted by molar-refractivity contribution is 5.90. The van der Waals surface area contributed by atoms with Crippen molar-refractivity contribution in [3.05, 3.63) is 24.3 Å². The van der Waals surface area contributed by atoms with Crippen LogP contribution in [0.15, 0.2) is 24.3 Å². The number of carbonyl (C=O) groups excluding carboxylic acids is 1. The predicted molar refractivity (Wildman–Crippen MR) is 75.4 cm³/mol. The molecule has 1 heterocycles. The molecule has 1 saturated heterocycles. The zero-order chi connectivity index (χ0) is 13.9. The lowest BCUT2D eigenvalue weighted by molar-refractivity contribution is 0.0980. The summed E-state index contributed by atoms with van der Waals surface area (Å²) >= 11 is 0. The number of benzene rings is 1. The Labute approximate surface area is 113 Å². The highest BCUT2D eigenvalue weighted by Gasteiger charge is 2.41. The highest BCUT2D eigenvalue weighted by Crippen LogP contribution is 2.24. The van der Waals surface area contributed by atoms with Crippen LogP contribution in [0.25, 0.3) is 0 Å². The number of nitrogens with zero attached hydrogens (tertiary/aromatic N) is 1. The van der Waals surface area contributed by atoms with E-state index in [1.807, 2.05) is 24.3 Å². The molecule has 1 aliphatic heterocycles. The number of nitrogens with one attached hydrogen (secondary N) is 1. The Morgan fingerprint density at radius 1 is 1.42 bits per heavy atom. The predicted octanol–water partition coefficient (Wildman–Crippen LogP) is 2.04. The Hall–Kier alpha value is -1.75. The summed E-state index contributed by atoms with van der Waals surface area (Å²) < 4.78 is 5.07. The summed E-state index contributed by atoms with van der Waals surface area (Å²) in [6.07, 6.45) is 2.00. The van der Waals surface area contributed by atoms with E-state index >= 15 is 0 Å². The summed E-state index contributed by atoms with van der Waals surface area (Å²) in [5.41, 5.74) is 6.71. The average molecular weight is 263 g/mol. The molecule has 0 unspecified atom stereocenters. The summed E-state index contributed by atoms with van der Waals surface area (Å²) in [5.74, 6) is 0.769. The first kappa shape index (κ1) is 13.7. The molecule has 2 rings (SSSR count). The number of hydrogen-bond donors (Lipinski definition) is 2. The van der Waals surface area contributed by atoms with Gasteiger partial charge in [0.15, 0.2) is 0 Å². The van der Waals surface area contributed by atoms with Crippen LogP contribution in [-0.2, 0) is 0 Å². The SMILES string of the molecule is CCCC1(N)CN(C(=O)Nc2ccc(OC)cc2)C1. The van der Waals surface area contributed by atoms with Gasteiger partial charge in [0.05, 0.1) is 12.6 Å². The van der Waals surface area contributed by atoms with Gasteiger partial charge in [0.2, 0.25) is 0 Å². The Kier molecular flexibility index (Phi) is 3.95. The van der Waals surface area contributed by atoms with Crippen LogP contribution in [0.5, 0.6) is 5.75 Å². The quantitative estimate of drug-likeness (QED) is 0.873. The van der Waals surface area contributed by atoms with E-state index in [4.69, 9.17) is 10.5 Å². The average Bonchev–Trinajstić information content (AvgIpc) is 2.37. The van der Waals surface area contributed by atoms with Crippen LogP contribution in [0, 0.1) is 0 Å². The number of urea groups is 1. The Bertz CT molecular complexity index is 439. The molecule has 1 aromatic rings. The maximum Gasteiger partial charge on any atom is 0.321 e. The molecule has 0 atom stereocenters. The molecule has 0 spiro atoms. The van der Waals surface area contributed by atoms with Gasteiger partial charge in [0.25, 0.3) is 0 Å². The fourth-order valence-corrected chi connectivity index (χ4v) is 2.39. The zero-order valence-corrected chi connectivity index (χ0v) is 11.5. The van der Waals surface area contributed by atoms with Crippen molar-refractivity contribution in [2.75, 3.05) is 25.5 Å². The van der Waals surface area contributed by atoms with Gasteiger partial charge in [0.1, 0.15) is 5.75 Å². The standard InChI is InChI=1S/C14H21N3O2/c1-3-8-14(15)9-17(10-14)13(18)16-11-4-6-12(19-2)7-5-11/h4-7H,3,8-10,15H2,1-2H3,(H,16,18). The van der Waals surface area contributed by atoms with Gasteiger partial charge in [-0.3, -0.25) is 0 Å². The van der Waals surface area contributed by atoms with E-state index in [2.05, 4.69) is 12.2 Å². The molecule has 0 saturated carbocycles. The Morgan fingerprint density at radius 3 is 2.58 bits per heavy atom. The van der Waals surface area contributed by atoms with Gasteiger partial charge < -0.3 is 20.7 Å². The van der Waals surface area contributed by atoms with E-state index in [-0.39, 0.29) is 11.6 Å². The van der Waals surface area contributed by atoms with Crippen molar-refractivity contribution in [3.63, 3.8) is 0 Å². The van der Waals surface area contributed by atoms with Gasteiger partial charge in [0, 0.05) is 18.8 Å². The maximum atomic E-state index is 12.0. The lowest BCUT2D eigenvalue weighted by Gasteiger charge is -2.47. The largest absolute Gasteiger partial charge is 0.497 e. The summed E-state index contributed by atoms with van der Waals surface area (Å²) in [6, 6.07) is 7.17.